The summed E-state index contributed by atoms with van der Waals surface area (Å²) in [6.45, 7) is 6.59. The van der Waals surface area contributed by atoms with E-state index in [0.29, 0.717) is 5.56 Å². The van der Waals surface area contributed by atoms with Gasteiger partial charge < -0.3 is 5.73 Å². The second kappa shape index (κ2) is 6.45. The van der Waals surface area contributed by atoms with Crippen LogP contribution in [0.2, 0.25) is 0 Å². The molecule has 0 amide bonds. The van der Waals surface area contributed by atoms with Gasteiger partial charge in [0.2, 0.25) is 0 Å². The summed E-state index contributed by atoms with van der Waals surface area (Å²) in [7, 11) is 0. The van der Waals surface area contributed by atoms with Crippen LogP contribution in [0.4, 0.5) is 5.69 Å². The highest BCUT2D eigenvalue weighted by Gasteiger charge is 2.19. The molecule has 124 valence electrons. The topological polar surface area (TPSA) is 49.8 Å². The van der Waals surface area contributed by atoms with Crippen LogP contribution in [0.25, 0.3) is 22.3 Å². The lowest BCUT2D eigenvalue weighted by atomic mass is 9.82. The van der Waals surface area contributed by atoms with E-state index in [4.69, 9.17) is 5.73 Å². The molecule has 0 aliphatic rings. The van der Waals surface area contributed by atoms with Crippen molar-refractivity contribution < 1.29 is 0 Å². The SMILES string of the molecule is CC(C)(C)c1cc(-c2ccccc2)c(N)c(-c2cccc(C#N)c2)c1. The number of rotatable bonds is 2. The van der Waals surface area contributed by atoms with Gasteiger partial charge in [0.05, 0.1) is 11.6 Å². The van der Waals surface area contributed by atoms with E-state index in [1.165, 1.54) is 5.56 Å². The third-order valence-electron chi connectivity index (χ3n) is 4.43. The normalized spacial score (nSPS) is 11.1. The Bertz CT molecular complexity index is 942. The van der Waals surface area contributed by atoms with Crippen LogP contribution in [-0.2, 0) is 5.41 Å². The molecule has 2 N–H and O–H groups in total. The minimum absolute atomic E-state index is 0.00117. The predicted molar refractivity (Wildman–Crippen MR) is 105 cm³/mol. The smallest absolute Gasteiger partial charge is 0.0991 e. The fourth-order valence-corrected chi connectivity index (χ4v) is 2.94. The standard InChI is InChI=1S/C23H22N2/c1-23(2,3)19-13-20(17-9-5-4-6-10-17)22(25)21(14-19)18-11-7-8-16(12-18)15-24/h4-14H,25H2,1-3H3. The van der Waals surface area contributed by atoms with Gasteiger partial charge in [-0.05, 0) is 46.4 Å². The first-order chi connectivity index (χ1) is 11.9. The first-order valence-electron chi connectivity index (χ1n) is 8.40. The van der Waals surface area contributed by atoms with Gasteiger partial charge in [-0.25, -0.2) is 0 Å². The van der Waals surface area contributed by atoms with Crippen LogP contribution >= 0.6 is 0 Å². The van der Waals surface area contributed by atoms with Crippen molar-refractivity contribution in [2.75, 3.05) is 5.73 Å². The number of hydrogen-bond donors (Lipinski definition) is 1. The summed E-state index contributed by atoms with van der Waals surface area (Å²) < 4.78 is 0. The molecule has 0 saturated carbocycles. The van der Waals surface area contributed by atoms with Crippen molar-refractivity contribution in [3.63, 3.8) is 0 Å². The number of benzene rings is 3. The highest BCUT2D eigenvalue weighted by molar-refractivity contribution is 5.90. The van der Waals surface area contributed by atoms with Crippen LogP contribution in [0.5, 0.6) is 0 Å². The quantitative estimate of drug-likeness (QED) is 0.608. The molecule has 0 aliphatic carbocycles. The Morgan fingerprint density at radius 1 is 0.800 bits per heavy atom. The lowest BCUT2D eigenvalue weighted by molar-refractivity contribution is 0.591. The van der Waals surface area contributed by atoms with E-state index in [0.717, 1.165) is 27.9 Å². The van der Waals surface area contributed by atoms with Crippen LogP contribution in [0.1, 0.15) is 31.9 Å². The van der Waals surface area contributed by atoms with Crippen molar-refractivity contribution in [1.29, 1.82) is 5.26 Å². The number of nitrogen functional groups attached to an aromatic ring is 1. The summed E-state index contributed by atoms with van der Waals surface area (Å²) in [5.41, 5.74) is 13.3. The van der Waals surface area contributed by atoms with Gasteiger partial charge in [-0.3, -0.25) is 0 Å². The first kappa shape index (κ1) is 16.8. The zero-order valence-corrected chi connectivity index (χ0v) is 14.9. The molecule has 3 aromatic carbocycles. The number of anilines is 1. The van der Waals surface area contributed by atoms with Crippen molar-refractivity contribution >= 4 is 5.69 Å². The van der Waals surface area contributed by atoms with Gasteiger partial charge >= 0.3 is 0 Å². The van der Waals surface area contributed by atoms with Crippen LogP contribution in [0.3, 0.4) is 0 Å². The summed E-state index contributed by atoms with van der Waals surface area (Å²) in [5.74, 6) is 0. The van der Waals surface area contributed by atoms with E-state index < -0.39 is 0 Å². The highest BCUT2D eigenvalue weighted by atomic mass is 14.6. The van der Waals surface area contributed by atoms with Gasteiger partial charge in [0.1, 0.15) is 0 Å². The van der Waals surface area contributed by atoms with Gasteiger partial charge in [0.25, 0.3) is 0 Å². The second-order valence-corrected chi connectivity index (χ2v) is 7.29. The van der Waals surface area contributed by atoms with Gasteiger partial charge in [0.15, 0.2) is 0 Å². The molecular formula is C23H22N2. The summed E-state index contributed by atoms with van der Waals surface area (Å²) in [6, 6.07) is 24.4. The Morgan fingerprint density at radius 2 is 1.40 bits per heavy atom. The van der Waals surface area contributed by atoms with Crippen molar-refractivity contribution in [3.05, 3.63) is 77.9 Å². The van der Waals surface area contributed by atoms with Crippen LogP contribution in [0.15, 0.2) is 66.7 Å². The molecule has 25 heavy (non-hydrogen) atoms. The van der Waals surface area contributed by atoms with E-state index in [9.17, 15) is 5.26 Å². The lowest BCUT2D eigenvalue weighted by Crippen LogP contribution is -2.12. The van der Waals surface area contributed by atoms with Gasteiger partial charge in [-0.2, -0.15) is 5.26 Å². The van der Waals surface area contributed by atoms with Crippen LogP contribution < -0.4 is 5.73 Å². The molecule has 0 aromatic heterocycles. The van der Waals surface area contributed by atoms with Crippen LogP contribution in [0, 0.1) is 11.3 Å². The fraction of sp³-hybridized carbons (Fsp3) is 0.174. The summed E-state index contributed by atoms with van der Waals surface area (Å²) >= 11 is 0. The Labute approximate surface area is 149 Å². The van der Waals surface area contributed by atoms with E-state index in [1.807, 2.05) is 42.5 Å². The molecule has 0 bridgehead atoms. The average Bonchev–Trinajstić information content (AvgIpc) is 2.61. The predicted octanol–water partition coefficient (Wildman–Crippen LogP) is 5.77. The molecule has 0 spiro atoms. The third kappa shape index (κ3) is 3.41. The molecule has 0 heterocycles. The van der Waals surface area contributed by atoms with Crippen molar-refractivity contribution in [1.82, 2.24) is 0 Å². The molecule has 3 aromatic rings. The summed E-state index contributed by atoms with van der Waals surface area (Å²) in [5, 5.41) is 9.21. The summed E-state index contributed by atoms with van der Waals surface area (Å²) in [6.07, 6.45) is 0. The molecule has 0 fully saturated rings. The number of nitriles is 1. The Balaban J connectivity index is 2.30. The maximum atomic E-state index is 9.21. The molecular weight excluding hydrogens is 304 g/mol. The van der Waals surface area contributed by atoms with Crippen molar-refractivity contribution in [3.8, 4) is 28.3 Å². The van der Waals surface area contributed by atoms with E-state index in [2.05, 4.69) is 51.1 Å². The molecule has 0 saturated heterocycles. The second-order valence-electron chi connectivity index (χ2n) is 7.29. The third-order valence-corrected chi connectivity index (χ3v) is 4.43. The Kier molecular flexibility index (Phi) is 4.33. The molecule has 0 atom stereocenters. The Hall–Kier alpha value is -3.05. The van der Waals surface area contributed by atoms with Gasteiger partial charge in [0, 0.05) is 16.8 Å². The van der Waals surface area contributed by atoms with Gasteiger partial charge in [-0.15, -0.1) is 0 Å². The number of nitrogens with two attached hydrogens (primary N) is 1. The lowest BCUT2D eigenvalue weighted by Gasteiger charge is -2.23. The summed E-state index contributed by atoms with van der Waals surface area (Å²) in [4.78, 5) is 0. The first-order valence-corrected chi connectivity index (χ1v) is 8.40. The van der Waals surface area contributed by atoms with E-state index in [1.54, 1.807) is 0 Å². The molecule has 2 nitrogen and oxygen atoms in total. The molecule has 0 aliphatic heterocycles. The van der Waals surface area contributed by atoms with Crippen LogP contribution in [-0.4, -0.2) is 0 Å². The van der Waals surface area contributed by atoms with Crippen molar-refractivity contribution in [2.45, 2.75) is 26.2 Å². The average molecular weight is 326 g/mol. The van der Waals surface area contributed by atoms with Crippen molar-refractivity contribution in [2.24, 2.45) is 0 Å². The van der Waals surface area contributed by atoms with E-state index >= 15 is 0 Å². The largest absolute Gasteiger partial charge is 0.398 e. The molecule has 2 heteroatoms. The number of hydrogen-bond acceptors (Lipinski definition) is 2. The fourth-order valence-electron chi connectivity index (χ4n) is 2.94. The molecule has 0 unspecified atom stereocenters. The Morgan fingerprint density at radius 3 is 2.00 bits per heavy atom. The van der Waals surface area contributed by atoms with E-state index in [-0.39, 0.29) is 5.41 Å². The minimum atomic E-state index is -0.00117. The zero-order valence-electron chi connectivity index (χ0n) is 14.9. The maximum Gasteiger partial charge on any atom is 0.0991 e. The minimum Gasteiger partial charge on any atom is -0.398 e. The maximum absolute atomic E-state index is 9.21. The zero-order chi connectivity index (χ0) is 18.0. The number of nitrogens with zero attached hydrogens (tertiary/aromatic N) is 1. The monoisotopic (exact) mass is 326 g/mol. The molecule has 0 radical (unpaired) electrons. The van der Waals surface area contributed by atoms with Gasteiger partial charge in [-0.1, -0.05) is 63.2 Å². The molecule has 3 rings (SSSR count). The highest BCUT2D eigenvalue weighted by Crippen LogP contribution is 2.39.